The zero-order chi connectivity index (χ0) is 25.1. The van der Waals surface area contributed by atoms with Gasteiger partial charge in [-0.05, 0) is 29.8 Å². The summed E-state index contributed by atoms with van der Waals surface area (Å²) in [6.07, 6.45) is 0.341. The summed E-state index contributed by atoms with van der Waals surface area (Å²) >= 11 is 0. The van der Waals surface area contributed by atoms with E-state index >= 15 is 0 Å². The van der Waals surface area contributed by atoms with E-state index in [4.69, 9.17) is 19.0 Å². The molecule has 2 saturated heterocycles. The van der Waals surface area contributed by atoms with Gasteiger partial charge >= 0.3 is 11.9 Å². The molecule has 184 valence electrons. The third-order valence-electron chi connectivity index (χ3n) is 6.51. The SMILES string of the molecule is C=C[C@H]1C(=O)N(c2ccc(OC)cc2)[C@H]1[C@H]1[C@H](C(=O)OC)[C@@H](C(=O)OC)ON1Cc1ccccc1. The van der Waals surface area contributed by atoms with Crippen LogP contribution in [0.4, 0.5) is 5.69 Å². The van der Waals surface area contributed by atoms with Gasteiger partial charge in [-0.15, -0.1) is 6.58 Å². The Bertz CT molecular complexity index is 1090. The lowest BCUT2D eigenvalue weighted by atomic mass is 9.75. The van der Waals surface area contributed by atoms with E-state index in [1.165, 1.54) is 14.2 Å². The average molecular weight is 481 g/mol. The van der Waals surface area contributed by atoms with Crippen LogP contribution in [-0.4, -0.2) is 62.4 Å². The first-order valence-electron chi connectivity index (χ1n) is 11.2. The normalized spacial score (nSPS) is 26.1. The number of carbonyl (C=O) groups is 3. The lowest BCUT2D eigenvalue weighted by Gasteiger charge is -2.50. The van der Waals surface area contributed by atoms with Gasteiger partial charge in [0, 0.05) is 12.2 Å². The second kappa shape index (κ2) is 10.3. The zero-order valence-corrected chi connectivity index (χ0v) is 19.8. The molecule has 2 aromatic carbocycles. The molecule has 9 heteroatoms. The summed E-state index contributed by atoms with van der Waals surface area (Å²) in [6, 6.07) is 15.3. The number of esters is 2. The molecule has 0 N–H and O–H groups in total. The van der Waals surface area contributed by atoms with Crippen molar-refractivity contribution in [3.8, 4) is 5.75 Å². The fourth-order valence-corrected chi connectivity index (χ4v) is 4.81. The number of anilines is 1. The first-order valence-corrected chi connectivity index (χ1v) is 11.2. The van der Waals surface area contributed by atoms with E-state index < -0.39 is 42.0 Å². The summed E-state index contributed by atoms with van der Waals surface area (Å²) in [4.78, 5) is 46.5. The number of hydrogen-bond donors (Lipinski definition) is 0. The highest BCUT2D eigenvalue weighted by Gasteiger charge is 2.62. The van der Waals surface area contributed by atoms with Gasteiger partial charge in [-0.1, -0.05) is 36.4 Å². The minimum absolute atomic E-state index is 0.167. The molecule has 5 atom stereocenters. The molecule has 2 heterocycles. The molecular weight excluding hydrogens is 452 g/mol. The number of methoxy groups -OCH3 is 3. The lowest BCUT2D eigenvalue weighted by Crippen LogP contribution is -2.69. The van der Waals surface area contributed by atoms with E-state index in [-0.39, 0.29) is 12.5 Å². The monoisotopic (exact) mass is 480 g/mol. The maximum absolute atomic E-state index is 13.2. The third kappa shape index (κ3) is 4.40. The number of amides is 1. The van der Waals surface area contributed by atoms with Gasteiger partial charge in [0.1, 0.15) is 11.7 Å². The minimum Gasteiger partial charge on any atom is -0.497 e. The Kier molecular flexibility index (Phi) is 7.18. The molecule has 4 rings (SSSR count). The van der Waals surface area contributed by atoms with Crippen LogP contribution in [0.5, 0.6) is 5.75 Å². The quantitative estimate of drug-likeness (QED) is 0.323. The number of hydroxylamine groups is 2. The topological polar surface area (TPSA) is 94.6 Å². The lowest BCUT2D eigenvalue weighted by molar-refractivity contribution is -0.195. The van der Waals surface area contributed by atoms with Crippen molar-refractivity contribution in [2.45, 2.75) is 24.7 Å². The van der Waals surface area contributed by atoms with Gasteiger partial charge in [-0.2, -0.15) is 5.06 Å². The van der Waals surface area contributed by atoms with Crippen molar-refractivity contribution in [1.82, 2.24) is 5.06 Å². The predicted molar refractivity (Wildman–Crippen MR) is 126 cm³/mol. The first-order chi connectivity index (χ1) is 16.9. The molecule has 2 aliphatic heterocycles. The van der Waals surface area contributed by atoms with Crippen molar-refractivity contribution in [2.24, 2.45) is 11.8 Å². The summed E-state index contributed by atoms with van der Waals surface area (Å²) in [7, 11) is 4.05. The fraction of sp³-hybridized carbons (Fsp3) is 0.346. The molecule has 0 aromatic heterocycles. The Morgan fingerprint density at radius 2 is 1.63 bits per heavy atom. The van der Waals surface area contributed by atoms with Crippen LogP contribution in [0.3, 0.4) is 0 Å². The number of ether oxygens (including phenoxy) is 3. The molecule has 9 nitrogen and oxygen atoms in total. The zero-order valence-electron chi connectivity index (χ0n) is 19.8. The van der Waals surface area contributed by atoms with Crippen LogP contribution >= 0.6 is 0 Å². The van der Waals surface area contributed by atoms with Crippen molar-refractivity contribution < 1.29 is 33.4 Å². The van der Waals surface area contributed by atoms with Crippen LogP contribution in [0.2, 0.25) is 0 Å². The summed E-state index contributed by atoms with van der Waals surface area (Å²) in [5.74, 6) is -2.47. The minimum atomic E-state index is -1.22. The second-order valence-corrected chi connectivity index (χ2v) is 8.31. The van der Waals surface area contributed by atoms with E-state index in [1.807, 2.05) is 30.3 Å². The van der Waals surface area contributed by atoms with Crippen LogP contribution in [0, 0.1) is 11.8 Å². The van der Waals surface area contributed by atoms with Crippen LogP contribution in [0.1, 0.15) is 5.56 Å². The van der Waals surface area contributed by atoms with Gasteiger partial charge in [-0.25, -0.2) is 4.79 Å². The highest BCUT2D eigenvalue weighted by molar-refractivity contribution is 6.04. The Morgan fingerprint density at radius 3 is 2.20 bits per heavy atom. The standard InChI is InChI=1S/C26H28N2O7/c1-5-19-21(28(24(19)29)17-11-13-18(32-2)14-12-17)22-20(25(30)33-3)23(26(31)34-4)35-27(22)15-16-9-7-6-8-10-16/h5-14,19-23H,1,15H2,2-4H3/t19-,20+,21-,22-,23+/m1/s1. The van der Waals surface area contributed by atoms with Gasteiger partial charge in [0.15, 0.2) is 6.10 Å². The van der Waals surface area contributed by atoms with Gasteiger partial charge in [-0.3, -0.25) is 14.4 Å². The summed E-state index contributed by atoms with van der Waals surface area (Å²) in [5, 5.41) is 1.59. The van der Waals surface area contributed by atoms with E-state index in [1.54, 1.807) is 47.4 Å². The number of nitrogens with zero attached hydrogens (tertiary/aromatic N) is 2. The number of benzene rings is 2. The Balaban J connectivity index is 1.78. The number of hydrogen-bond acceptors (Lipinski definition) is 8. The second-order valence-electron chi connectivity index (χ2n) is 8.31. The maximum Gasteiger partial charge on any atom is 0.338 e. The molecule has 0 aliphatic carbocycles. The predicted octanol–water partition coefficient (Wildman–Crippen LogP) is 2.36. The molecule has 0 spiro atoms. The van der Waals surface area contributed by atoms with Crippen LogP contribution in [0.25, 0.3) is 0 Å². The number of rotatable bonds is 8. The van der Waals surface area contributed by atoms with Crippen molar-refractivity contribution in [2.75, 3.05) is 26.2 Å². The molecule has 35 heavy (non-hydrogen) atoms. The Labute approximate surface area is 203 Å². The molecular formula is C26H28N2O7. The molecule has 0 bridgehead atoms. The van der Waals surface area contributed by atoms with Crippen molar-refractivity contribution >= 4 is 23.5 Å². The summed E-state index contributed by atoms with van der Waals surface area (Å²) in [5.41, 5.74) is 1.53. The largest absolute Gasteiger partial charge is 0.497 e. The molecule has 0 unspecified atom stereocenters. The highest BCUT2D eigenvalue weighted by Crippen LogP contribution is 2.44. The first kappa shape index (κ1) is 24.4. The summed E-state index contributed by atoms with van der Waals surface area (Å²) in [6.45, 7) is 4.12. The third-order valence-corrected chi connectivity index (χ3v) is 6.51. The van der Waals surface area contributed by atoms with Gasteiger partial charge < -0.3 is 19.1 Å². The van der Waals surface area contributed by atoms with Crippen molar-refractivity contribution in [3.63, 3.8) is 0 Å². The Hall–Kier alpha value is -3.69. The molecule has 2 aliphatic rings. The average Bonchev–Trinajstić information content (AvgIpc) is 3.25. The summed E-state index contributed by atoms with van der Waals surface area (Å²) < 4.78 is 15.2. The smallest absolute Gasteiger partial charge is 0.338 e. The molecule has 0 radical (unpaired) electrons. The van der Waals surface area contributed by atoms with Crippen LogP contribution < -0.4 is 9.64 Å². The van der Waals surface area contributed by atoms with Crippen molar-refractivity contribution in [3.05, 3.63) is 72.8 Å². The number of carbonyl (C=O) groups excluding carboxylic acids is 3. The Morgan fingerprint density at radius 1 is 0.971 bits per heavy atom. The fourth-order valence-electron chi connectivity index (χ4n) is 4.81. The maximum atomic E-state index is 13.2. The van der Waals surface area contributed by atoms with E-state index in [0.717, 1.165) is 5.56 Å². The molecule has 2 aromatic rings. The van der Waals surface area contributed by atoms with Crippen LogP contribution in [-0.2, 0) is 35.2 Å². The van der Waals surface area contributed by atoms with E-state index in [0.29, 0.717) is 11.4 Å². The van der Waals surface area contributed by atoms with Gasteiger partial charge in [0.25, 0.3) is 0 Å². The molecule has 2 fully saturated rings. The number of β-lactam (4-membered cyclic amide) rings is 1. The van der Waals surface area contributed by atoms with Gasteiger partial charge in [0.2, 0.25) is 5.91 Å². The van der Waals surface area contributed by atoms with Crippen molar-refractivity contribution in [1.29, 1.82) is 0 Å². The molecule has 0 saturated carbocycles. The van der Waals surface area contributed by atoms with Gasteiger partial charge in [0.05, 0.1) is 39.3 Å². The van der Waals surface area contributed by atoms with E-state index in [9.17, 15) is 14.4 Å². The highest BCUT2D eigenvalue weighted by atomic mass is 16.7. The van der Waals surface area contributed by atoms with E-state index in [2.05, 4.69) is 6.58 Å². The molecule has 1 amide bonds. The van der Waals surface area contributed by atoms with Crippen LogP contribution in [0.15, 0.2) is 67.3 Å².